The first kappa shape index (κ1) is 11.3. The van der Waals surface area contributed by atoms with Crippen LogP contribution < -0.4 is 5.32 Å². The van der Waals surface area contributed by atoms with Crippen LogP contribution in [0.4, 0.5) is 0 Å². The molecule has 0 saturated heterocycles. The van der Waals surface area contributed by atoms with E-state index >= 15 is 0 Å². The molecule has 2 N–H and O–H groups in total. The fraction of sp³-hybridized carbons (Fsp3) is 0.400. The van der Waals surface area contributed by atoms with E-state index in [9.17, 15) is 9.59 Å². The Hall–Kier alpha value is -1.78. The summed E-state index contributed by atoms with van der Waals surface area (Å²) in [5.41, 5.74) is 0. The lowest BCUT2D eigenvalue weighted by Crippen LogP contribution is -2.40. The number of hydrogen-bond acceptors (Lipinski definition) is 3. The highest BCUT2D eigenvalue weighted by molar-refractivity contribution is 5.94. The van der Waals surface area contributed by atoms with E-state index in [1.54, 1.807) is 6.07 Å². The van der Waals surface area contributed by atoms with Crippen LogP contribution in [-0.2, 0) is 4.79 Å². The maximum absolute atomic E-state index is 11.4. The average Bonchev–Trinajstić information content (AvgIpc) is 2.69. The summed E-state index contributed by atoms with van der Waals surface area (Å²) >= 11 is 0. The van der Waals surface area contributed by atoms with Crippen molar-refractivity contribution in [1.29, 1.82) is 0 Å². The lowest BCUT2D eigenvalue weighted by Gasteiger charge is -2.11. The number of carbonyl (C=O) groups excluding carboxylic acids is 1. The number of carboxylic acids is 1. The summed E-state index contributed by atoms with van der Waals surface area (Å²) in [5.74, 6) is -1.41. The molecule has 0 fully saturated rings. The highest BCUT2D eigenvalue weighted by atomic mass is 16.4. The van der Waals surface area contributed by atoms with Crippen LogP contribution >= 0.6 is 0 Å². The largest absolute Gasteiger partial charge is 0.480 e. The standard InChI is InChI=1S/C10H13NO4/c1-2-4-7(10(13)14)11-9(12)8-5-3-6-15-8/h3,5-7H,2,4H2,1H3,(H,11,12)(H,13,14)/t7-/m1/s1. The molecule has 0 unspecified atom stereocenters. The predicted molar refractivity (Wildman–Crippen MR) is 52.5 cm³/mol. The lowest BCUT2D eigenvalue weighted by atomic mass is 10.1. The van der Waals surface area contributed by atoms with E-state index in [1.807, 2.05) is 6.92 Å². The summed E-state index contributed by atoms with van der Waals surface area (Å²) in [6.07, 6.45) is 2.46. The van der Waals surface area contributed by atoms with Crippen molar-refractivity contribution in [1.82, 2.24) is 5.32 Å². The summed E-state index contributed by atoms with van der Waals surface area (Å²) in [5, 5.41) is 11.2. The monoisotopic (exact) mass is 211 g/mol. The molecule has 1 heterocycles. The van der Waals surface area contributed by atoms with Gasteiger partial charge in [-0.3, -0.25) is 4.79 Å². The number of carbonyl (C=O) groups is 2. The maximum Gasteiger partial charge on any atom is 0.326 e. The van der Waals surface area contributed by atoms with Crippen molar-refractivity contribution in [3.63, 3.8) is 0 Å². The molecular weight excluding hydrogens is 198 g/mol. The van der Waals surface area contributed by atoms with Gasteiger partial charge < -0.3 is 14.8 Å². The van der Waals surface area contributed by atoms with Gasteiger partial charge in [-0.15, -0.1) is 0 Å². The molecule has 0 saturated carbocycles. The van der Waals surface area contributed by atoms with Crippen LogP contribution in [0.3, 0.4) is 0 Å². The number of nitrogens with one attached hydrogen (secondary N) is 1. The quantitative estimate of drug-likeness (QED) is 0.768. The van der Waals surface area contributed by atoms with Gasteiger partial charge in [-0.2, -0.15) is 0 Å². The number of carboxylic acid groups (broad SMARTS) is 1. The summed E-state index contributed by atoms with van der Waals surface area (Å²) in [7, 11) is 0. The van der Waals surface area contributed by atoms with Gasteiger partial charge >= 0.3 is 5.97 Å². The minimum absolute atomic E-state index is 0.123. The second kappa shape index (κ2) is 5.19. The van der Waals surface area contributed by atoms with Crippen molar-refractivity contribution in [3.05, 3.63) is 24.2 Å². The molecule has 0 bridgehead atoms. The van der Waals surface area contributed by atoms with E-state index in [0.717, 1.165) is 0 Å². The van der Waals surface area contributed by atoms with Gasteiger partial charge in [0.15, 0.2) is 5.76 Å². The second-order valence-corrected chi connectivity index (χ2v) is 3.13. The van der Waals surface area contributed by atoms with E-state index in [1.165, 1.54) is 12.3 Å². The number of hydrogen-bond donors (Lipinski definition) is 2. The third-order valence-electron chi connectivity index (χ3n) is 1.93. The first-order valence-corrected chi connectivity index (χ1v) is 4.72. The highest BCUT2D eigenvalue weighted by Crippen LogP contribution is 2.02. The molecule has 0 aromatic carbocycles. The van der Waals surface area contributed by atoms with Gasteiger partial charge in [0, 0.05) is 0 Å². The minimum atomic E-state index is -1.03. The Morgan fingerprint density at radius 1 is 1.60 bits per heavy atom. The van der Waals surface area contributed by atoms with Crippen molar-refractivity contribution < 1.29 is 19.1 Å². The number of aliphatic carboxylic acids is 1. The smallest absolute Gasteiger partial charge is 0.326 e. The predicted octanol–water partition coefficient (Wildman–Crippen LogP) is 1.26. The normalized spacial score (nSPS) is 12.1. The maximum atomic E-state index is 11.4. The van der Waals surface area contributed by atoms with Gasteiger partial charge in [-0.05, 0) is 18.6 Å². The van der Waals surface area contributed by atoms with Crippen LogP contribution in [0.1, 0.15) is 30.3 Å². The molecule has 1 amide bonds. The topological polar surface area (TPSA) is 79.5 Å². The van der Waals surface area contributed by atoms with Gasteiger partial charge in [0.05, 0.1) is 6.26 Å². The van der Waals surface area contributed by atoms with Crippen LogP contribution in [0.15, 0.2) is 22.8 Å². The molecule has 0 radical (unpaired) electrons. The Morgan fingerprint density at radius 2 is 2.33 bits per heavy atom. The zero-order chi connectivity index (χ0) is 11.3. The first-order chi connectivity index (χ1) is 7.15. The molecule has 1 aromatic heterocycles. The van der Waals surface area contributed by atoms with E-state index < -0.39 is 17.9 Å². The van der Waals surface area contributed by atoms with E-state index in [-0.39, 0.29) is 5.76 Å². The van der Waals surface area contributed by atoms with Crippen molar-refractivity contribution in [3.8, 4) is 0 Å². The molecule has 1 aromatic rings. The molecule has 15 heavy (non-hydrogen) atoms. The molecule has 0 aliphatic carbocycles. The molecule has 1 atom stereocenters. The summed E-state index contributed by atoms with van der Waals surface area (Å²) in [6, 6.07) is 2.21. The SMILES string of the molecule is CCC[C@@H](NC(=O)c1ccco1)C(=O)O. The van der Waals surface area contributed by atoms with Crippen LogP contribution in [0.2, 0.25) is 0 Å². The third kappa shape index (κ3) is 3.12. The Labute approximate surface area is 87.1 Å². The van der Waals surface area contributed by atoms with E-state index in [4.69, 9.17) is 9.52 Å². The van der Waals surface area contributed by atoms with Crippen LogP contribution in [0.5, 0.6) is 0 Å². The van der Waals surface area contributed by atoms with Crippen LogP contribution in [-0.4, -0.2) is 23.0 Å². The van der Waals surface area contributed by atoms with Crippen molar-refractivity contribution in [2.24, 2.45) is 0 Å². The van der Waals surface area contributed by atoms with E-state index in [0.29, 0.717) is 12.8 Å². The number of amides is 1. The number of rotatable bonds is 5. The zero-order valence-electron chi connectivity index (χ0n) is 8.40. The van der Waals surface area contributed by atoms with Crippen molar-refractivity contribution >= 4 is 11.9 Å². The summed E-state index contributed by atoms with van der Waals surface area (Å²) in [6.45, 7) is 1.86. The summed E-state index contributed by atoms with van der Waals surface area (Å²) in [4.78, 5) is 22.2. The number of furan rings is 1. The Kier molecular flexibility index (Phi) is 3.91. The minimum Gasteiger partial charge on any atom is -0.480 e. The fourth-order valence-electron chi connectivity index (χ4n) is 1.18. The third-order valence-corrected chi connectivity index (χ3v) is 1.93. The summed E-state index contributed by atoms with van der Waals surface area (Å²) < 4.78 is 4.85. The van der Waals surface area contributed by atoms with Gasteiger partial charge in [0.1, 0.15) is 6.04 Å². The molecule has 82 valence electrons. The molecule has 1 rings (SSSR count). The van der Waals surface area contributed by atoms with E-state index in [2.05, 4.69) is 5.32 Å². The molecule has 0 aliphatic rings. The van der Waals surface area contributed by atoms with Gasteiger partial charge in [0.2, 0.25) is 0 Å². The first-order valence-electron chi connectivity index (χ1n) is 4.72. The molecule has 0 aliphatic heterocycles. The molecular formula is C10H13NO4. The van der Waals surface area contributed by atoms with Crippen LogP contribution in [0, 0.1) is 0 Å². The Morgan fingerprint density at radius 3 is 2.80 bits per heavy atom. The van der Waals surface area contributed by atoms with Gasteiger partial charge in [-0.1, -0.05) is 13.3 Å². The van der Waals surface area contributed by atoms with Gasteiger partial charge in [0.25, 0.3) is 5.91 Å². The molecule has 5 heteroatoms. The van der Waals surface area contributed by atoms with Crippen molar-refractivity contribution in [2.45, 2.75) is 25.8 Å². The van der Waals surface area contributed by atoms with Crippen molar-refractivity contribution in [2.75, 3.05) is 0 Å². The second-order valence-electron chi connectivity index (χ2n) is 3.13. The Balaban J connectivity index is 2.59. The average molecular weight is 211 g/mol. The molecule has 5 nitrogen and oxygen atoms in total. The van der Waals surface area contributed by atoms with Gasteiger partial charge in [-0.25, -0.2) is 4.79 Å². The Bertz CT molecular complexity index is 331. The highest BCUT2D eigenvalue weighted by Gasteiger charge is 2.20. The zero-order valence-corrected chi connectivity index (χ0v) is 8.40. The fourth-order valence-corrected chi connectivity index (χ4v) is 1.18. The molecule has 0 spiro atoms. The lowest BCUT2D eigenvalue weighted by molar-refractivity contribution is -0.139. The van der Waals surface area contributed by atoms with Crippen LogP contribution in [0.25, 0.3) is 0 Å².